The quantitative estimate of drug-likeness (QED) is 0.777. The molecule has 0 aromatic carbocycles. The molecule has 4 heteroatoms. The highest BCUT2D eigenvalue weighted by molar-refractivity contribution is 5.73. The smallest absolute Gasteiger partial charge is 0.320 e. The van der Waals surface area contributed by atoms with Crippen LogP contribution in [0.15, 0.2) is 0 Å². The van der Waals surface area contributed by atoms with Crippen molar-refractivity contribution in [2.45, 2.75) is 45.2 Å². The van der Waals surface area contributed by atoms with E-state index in [2.05, 4.69) is 24.1 Å². The Morgan fingerprint density at radius 3 is 2.41 bits per heavy atom. The van der Waals surface area contributed by atoms with Gasteiger partial charge < -0.3 is 15.3 Å². The van der Waals surface area contributed by atoms with E-state index >= 15 is 0 Å². The number of carboxylic acids is 1. The van der Waals surface area contributed by atoms with Crippen LogP contribution in [-0.4, -0.2) is 47.7 Å². The van der Waals surface area contributed by atoms with Crippen molar-refractivity contribution in [3.05, 3.63) is 0 Å². The zero-order chi connectivity index (χ0) is 12.4. The van der Waals surface area contributed by atoms with Crippen molar-refractivity contribution in [1.82, 2.24) is 10.2 Å². The van der Waals surface area contributed by atoms with Gasteiger partial charge in [0.2, 0.25) is 0 Å². The number of piperidine rings is 1. The average molecular weight is 240 g/mol. The zero-order valence-electron chi connectivity index (χ0n) is 10.9. The van der Waals surface area contributed by atoms with Crippen LogP contribution in [0.2, 0.25) is 0 Å². The van der Waals surface area contributed by atoms with Crippen LogP contribution in [0.3, 0.4) is 0 Å². The molecule has 0 aromatic rings. The molecule has 0 amide bonds. The maximum Gasteiger partial charge on any atom is 0.320 e. The minimum Gasteiger partial charge on any atom is -0.480 e. The highest BCUT2D eigenvalue weighted by Gasteiger charge is 2.35. The summed E-state index contributed by atoms with van der Waals surface area (Å²) in [6.07, 6.45) is 3.29. The molecule has 2 aliphatic heterocycles. The first-order chi connectivity index (χ1) is 8.08. The Morgan fingerprint density at radius 2 is 1.94 bits per heavy atom. The standard InChI is InChI=1S/C13H24N2O2/c1-9(2)15-5-3-10(4-6-15)11-7-12(13(16)17)14-8-11/h9-12,14H,3-8H2,1-2H3,(H,16,17). The van der Waals surface area contributed by atoms with E-state index in [1.165, 1.54) is 25.9 Å². The molecule has 0 radical (unpaired) electrons. The van der Waals surface area contributed by atoms with Crippen molar-refractivity contribution in [2.75, 3.05) is 19.6 Å². The van der Waals surface area contributed by atoms with Gasteiger partial charge in [0, 0.05) is 6.04 Å². The first kappa shape index (κ1) is 12.8. The maximum atomic E-state index is 10.9. The molecule has 0 aliphatic carbocycles. The number of likely N-dealkylation sites (tertiary alicyclic amines) is 1. The predicted molar refractivity (Wildman–Crippen MR) is 67.0 cm³/mol. The van der Waals surface area contributed by atoms with Crippen LogP contribution in [0.1, 0.15) is 33.1 Å². The predicted octanol–water partition coefficient (Wildman–Crippen LogP) is 1.17. The second kappa shape index (κ2) is 5.36. The van der Waals surface area contributed by atoms with Crippen molar-refractivity contribution in [3.8, 4) is 0 Å². The molecule has 2 heterocycles. The van der Waals surface area contributed by atoms with Gasteiger partial charge in [-0.15, -0.1) is 0 Å². The normalized spacial score (nSPS) is 32.2. The average Bonchev–Trinajstić information content (AvgIpc) is 2.78. The summed E-state index contributed by atoms with van der Waals surface area (Å²) in [5.74, 6) is 0.611. The van der Waals surface area contributed by atoms with Gasteiger partial charge in [-0.2, -0.15) is 0 Å². The van der Waals surface area contributed by atoms with E-state index < -0.39 is 5.97 Å². The molecule has 4 nitrogen and oxygen atoms in total. The number of aliphatic carboxylic acids is 1. The van der Waals surface area contributed by atoms with Crippen LogP contribution in [0.4, 0.5) is 0 Å². The molecule has 2 saturated heterocycles. The summed E-state index contributed by atoms with van der Waals surface area (Å²) >= 11 is 0. The fourth-order valence-corrected chi connectivity index (χ4v) is 3.22. The number of hydrogen-bond acceptors (Lipinski definition) is 3. The second-order valence-electron chi connectivity index (χ2n) is 5.76. The van der Waals surface area contributed by atoms with E-state index in [4.69, 9.17) is 5.11 Å². The van der Waals surface area contributed by atoms with E-state index in [1.54, 1.807) is 0 Å². The van der Waals surface area contributed by atoms with Gasteiger partial charge in [0.05, 0.1) is 0 Å². The Morgan fingerprint density at radius 1 is 1.29 bits per heavy atom. The Kier molecular flexibility index (Phi) is 4.05. The summed E-state index contributed by atoms with van der Waals surface area (Å²) in [5.41, 5.74) is 0. The van der Waals surface area contributed by atoms with Crippen molar-refractivity contribution in [3.63, 3.8) is 0 Å². The summed E-state index contributed by atoms with van der Waals surface area (Å²) in [6, 6.07) is 0.340. The third-order valence-electron chi connectivity index (χ3n) is 4.43. The topological polar surface area (TPSA) is 52.6 Å². The molecule has 0 bridgehead atoms. The Labute approximate surface area is 103 Å². The van der Waals surface area contributed by atoms with Gasteiger partial charge in [-0.3, -0.25) is 4.79 Å². The summed E-state index contributed by atoms with van der Waals surface area (Å²) < 4.78 is 0. The van der Waals surface area contributed by atoms with E-state index in [1.807, 2.05) is 0 Å². The Hall–Kier alpha value is -0.610. The molecule has 2 rings (SSSR count). The number of carboxylic acid groups (broad SMARTS) is 1. The third kappa shape index (κ3) is 2.99. The first-order valence-electron chi connectivity index (χ1n) is 6.78. The SMILES string of the molecule is CC(C)N1CCC(C2CNC(C(=O)O)C2)CC1. The summed E-state index contributed by atoms with van der Waals surface area (Å²) in [5, 5.41) is 12.1. The van der Waals surface area contributed by atoms with Gasteiger partial charge in [0.25, 0.3) is 0 Å². The molecule has 0 saturated carbocycles. The lowest BCUT2D eigenvalue weighted by Gasteiger charge is -2.36. The highest BCUT2D eigenvalue weighted by Crippen LogP contribution is 2.31. The fourth-order valence-electron chi connectivity index (χ4n) is 3.22. The fraction of sp³-hybridized carbons (Fsp3) is 0.923. The summed E-state index contributed by atoms with van der Waals surface area (Å²) in [7, 11) is 0. The lowest BCUT2D eigenvalue weighted by molar-refractivity contribution is -0.139. The molecule has 98 valence electrons. The van der Waals surface area contributed by atoms with E-state index in [-0.39, 0.29) is 6.04 Å². The molecule has 2 N–H and O–H groups in total. The number of rotatable bonds is 3. The molecule has 0 spiro atoms. The molecule has 2 atom stereocenters. The van der Waals surface area contributed by atoms with Gasteiger partial charge in [0.15, 0.2) is 0 Å². The highest BCUT2D eigenvalue weighted by atomic mass is 16.4. The lowest BCUT2D eigenvalue weighted by Crippen LogP contribution is -2.40. The van der Waals surface area contributed by atoms with Crippen molar-refractivity contribution < 1.29 is 9.90 Å². The number of nitrogens with one attached hydrogen (secondary N) is 1. The van der Waals surface area contributed by atoms with E-state index in [9.17, 15) is 4.79 Å². The number of nitrogens with zero attached hydrogens (tertiary/aromatic N) is 1. The van der Waals surface area contributed by atoms with E-state index in [0.29, 0.717) is 12.0 Å². The van der Waals surface area contributed by atoms with Gasteiger partial charge in [0.1, 0.15) is 6.04 Å². The molecular formula is C13H24N2O2. The minimum absolute atomic E-state index is 0.303. The van der Waals surface area contributed by atoms with Crippen molar-refractivity contribution in [1.29, 1.82) is 0 Å². The first-order valence-corrected chi connectivity index (χ1v) is 6.78. The second-order valence-corrected chi connectivity index (χ2v) is 5.76. The Bertz CT molecular complexity index is 273. The van der Waals surface area contributed by atoms with Crippen LogP contribution >= 0.6 is 0 Å². The van der Waals surface area contributed by atoms with Gasteiger partial charge in [-0.1, -0.05) is 0 Å². The van der Waals surface area contributed by atoms with Gasteiger partial charge in [-0.05, 0) is 64.6 Å². The zero-order valence-corrected chi connectivity index (χ0v) is 10.9. The lowest BCUT2D eigenvalue weighted by atomic mass is 9.82. The molecular weight excluding hydrogens is 216 g/mol. The van der Waals surface area contributed by atoms with Crippen LogP contribution in [0.25, 0.3) is 0 Å². The maximum absolute atomic E-state index is 10.9. The van der Waals surface area contributed by atoms with Crippen LogP contribution in [0, 0.1) is 11.8 Å². The number of carbonyl (C=O) groups is 1. The summed E-state index contributed by atoms with van der Waals surface area (Å²) in [4.78, 5) is 13.4. The summed E-state index contributed by atoms with van der Waals surface area (Å²) in [6.45, 7) is 7.74. The van der Waals surface area contributed by atoms with Crippen LogP contribution < -0.4 is 5.32 Å². The van der Waals surface area contributed by atoms with Crippen LogP contribution in [0.5, 0.6) is 0 Å². The molecule has 2 aliphatic rings. The Balaban J connectivity index is 1.80. The minimum atomic E-state index is -0.688. The molecule has 0 aromatic heterocycles. The molecule has 2 unspecified atom stereocenters. The largest absolute Gasteiger partial charge is 0.480 e. The third-order valence-corrected chi connectivity index (χ3v) is 4.43. The van der Waals surface area contributed by atoms with Gasteiger partial charge >= 0.3 is 5.97 Å². The van der Waals surface area contributed by atoms with Gasteiger partial charge in [-0.25, -0.2) is 0 Å². The van der Waals surface area contributed by atoms with Crippen molar-refractivity contribution in [2.24, 2.45) is 11.8 Å². The molecule has 2 fully saturated rings. The van der Waals surface area contributed by atoms with E-state index in [0.717, 1.165) is 18.9 Å². The number of hydrogen-bond donors (Lipinski definition) is 2. The molecule has 17 heavy (non-hydrogen) atoms. The van der Waals surface area contributed by atoms with Crippen molar-refractivity contribution >= 4 is 5.97 Å². The van der Waals surface area contributed by atoms with Crippen LogP contribution in [-0.2, 0) is 4.79 Å². The monoisotopic (exact) mass is 240 g/mol.